The summed E-state index contributed by atoms with van der Waals surface area (Å²) >= 11 is 0. The van der Waals surface area contributed by atoms with Gasteiger partial charge in [0.05, 0.1) is 5.56 Å². The maximum absolute atomic E-state index is 12.6. The molecule has 0 amide bonds. The third kappa shape index (κ3) is 2.96. The fraction of sp³-hybridized carbons (Fsp3) is 0.538. The zero-order valence-electron chi connectivity index (χ0n) is 10.3. The van der Waals surface area contributed by atoms with Crippen molar-refractivity contribution in [3.05, 3.63) is 29.8 Å². The normalized spacial score (nSPS) is 21.1. The van der Waals surface area contributed by atoms with Crippen molar-refractivity contribution >= 4 is 5.69 Å². The smallest absolute Gasteiger partial charge is 0.369 e. The summed E-state index contributed by atoms with van der Waals surface area (Å²) in [6.07, 6.45) is -3.29. The van der Waals surface area contributed by atoms with Crippen LogP contribution in [0.5, 0.6) is 0 Å². The second-order valence-electron chi connectivity index (χ2n) is 4.55. The van der Waals surface area contributed by atoms with Gasteiger partial charge in [-0.1, -0.05) is 13.0 Å². The van der Waals surface area contributed by atoms with E-state index in [9.17, 15) is 13.2 Å². The van der Waals surface area contributed by atoms with E-state index in [1.54, 1.807) is 6.07 Å². The average Bonchev–Trinajstić information content (AvgIpc) is 2.38. The van der Waals surface area contributed by atoms with Crippen LogP contribution in [-0.2, 0) is 6.18 Å². The minimum Gasteiger partial charge on any atom is -0.369 e. The van der Waals surface area contributed by atoms with Crippen LogP contribution in [0.2, 0.25) is 0 Å². The monoisotopic (exact) mass is 258 g/mol. The molecule has 1 fully saturated rings. The first-order valence-electron chi connectivity index (χ1n) is 6.16. The first-order valence-corrected chi connectivity index (χ1v) is 6.16. The fourth-order valence-corrected chi connectivity index (χ4v) is 2.21. The maximum Gasteiger partial charge on any atom is 0.416 e. The molecular weight excluding hydrogens is 241 g/mol. The van der Waals surface area contributed by atoms with E-state index in [1.165, 1.54) is 12.1 Å². The van der Waals surface area contributed by atoms with Crippen molar-refractivity contribution < 1.29 is 13.2 Å². The lowest BCUT2D eigenvalue weighted by Gasteiger charge is -2.35. The van der Waals surface area contributed by atoms with Crippen molar-refractivity contribution in [3.8, 4) is 0 Å². The topological polar surface area (TPSA) is 15.3 Å². The Labute approximate surface area is 105 Å². The highest BCUT2D eigenvalue weighted by molar-refractivity contribution is 5.49. The molecule has 0 saturated carbocycles. The molecule has 1 aliphatic heterocycles. The van der Waals surface area contributed by atoms with Crippen molar-refractivity contribution in [2.24, 2.45) is 0 Å². The molecule has 1 heterocycles. The number of nitrogens with one attached hydrogen (secondary N) is 1. The lowest BCUT2D eigenvalue weighted by atomic mass is 10.1. The summed E-state index contributed by atoms with van der Waals surface area (Å²) in [5.74, 6) is 0. The van der Waals surface area contributed by atoms with Gasteiger partial charge in [-0.05, 0) is 24.6 Å². The van der Waals surface area contributed by atoms with Crippen LogP contribution in [0.1, 0.15) is 18.9 Å². The first-order chi connectivity index (χ1) is 8.50. The van der Waals surface area contributed by atoms with Crippen LogP contribution < -0.4 is 10.2 Å². The molecule has 0 radical (unpaired) electrons. The Kier molecular flexibility index (Phi) is 3.80. The van der Waals surface area contributed by atoms with Crippen LogP contribution in [-0.4, -0.2) is 25.7 Å². The van der Waals surface area contributed by atoms with Gasteiger partial charge in [-0.25, -0.2) is 0 Å². The highest BCUT2D eigenvalue weighted by Gasteiger charge is 2.31. The van der Waals surface area contributed by atoms with Crippen LogP contribution in [0, 0.1) is 0 Å². The Balaban J connectivity index is 2.18. The lowest BCUT2D eigenvalue weighted by Crippen LogP contribution is -2.50. The van der Waals surface area contributed by atoms with Crippen molar-refractivity contribution in [1.29, 1.82) is 0 Å². The summed E-state index contributed by atoms with van der Waals surface area (Å²) in [5, 5.41) is 3.35. The van der Waals surface area contributed by atoms with Crippen LogP contribution in [0.4, 0.5) is 18.9 Å². The highest BCUT2D eigenvalue weighted by Crippen LogP contribution is 2.31. The van der Waals surface area contributed by atoms with Crippen molar-refractivity contribution in [1.82, 2.24) is 5.32 Å². The molecule has 0 aliphatic carbocycles. The fourth-order valence-electron chi connectivity index (χ4n) is 2.21. The molecule has 1 aromatic rings. The standard InChI is InChI=1S/C13H17F3N2/c1-2-11-9-18(7-6-17-11)12-5-3-4-10(8-12)13(14,15)16/h3-5,8,11,17H,2,6-7,9H2,1H3. The average molecular weight is 258 g/mol. The number of halogens is 3. The van der Waals surface area contributed by atoms with E-state index >= 15 is 0 Å². The molecule has 1 aromatic carbocycles. The number of hydrogen-bond acceptors (Lipinski definition) is 2. The summed E-state index contributed by atoms with van der Waals surface area (Å²) in [6, 6.07) is 5.92. The van der Waals surface area contributed by atoms with Crippen molar-refractivity contribution in [2.45, 2.75) is 25.6 Å². The summed E-state index contributed by atoms with van der Waals surface area (Å²) < 4.78 is 37.9. The van der Waals surface area contributed by atoms with Crippen LogP contribution in [0.3, 0.4) is 0 Å². The summed E-state index contributed by atoms with van der Waals surface area (Å²) in [4.78, 5) is 2.01. The van der Waals surface area contributed by atoms with Gasteiger partial charge in [-0.2, -0.15) is 13.2 Å². The van der Waals surface area contributed by atoms with Gasteiger partial charge < -0.3 is 10.2 Å². The summed E-state index contributed by atoms with van der Waals surface area (Å²) in [5.41, 5.74) is 0.0800. The Morgan fingerprint density at radius 2 is 2.17 bits per heavy atom. The van der Waals surface area contributed by atoms with E-state index in [4.69, 9.17) is 0 Å². The van der Waals surface area contributed by atoms with Gasteiger partial charge in [0.15, 0.2) is 0 Å². The molecule has 18 heavy (non-hydrogen) atoms. The minimum absolute atomic E-state index is 0.355. The first kappa shape index (κ1) is 13.2. The van der Waals surface area contributed by atoms with E-state index in [2.05, 4.69) is 12.2 Å². The largest absolute Gasteiger partial charge is 0.416 e. The van der Waals surface area contributed by atoms with E-state index in [1.807, 2.05) is 4.90 Å². The molecule has 100 valence electrons. The van der Waals surface area contributed by atoms with Gasteiger partial charge in [0.2, 0.25) is 0 Å². The highest BCUT2D eigenvalue weighted by atomic mass is 19.4. The number of rotatable bonds is 2. The van der Waals surface area contributed by atoms with E-state index in [-0.39, 0.29) is 0 Å². The maximum atomic E-state index is 12.6. The molecule has 2 rings (SSSR count). The molecule has 1 unspecified atom stereocenters. The number of nitrogens with zero attached hydrogens (tertiary/aromatic N) is 1. The Morgan fingerprint density at radius 1 is 1.39 bits per heavy atom. The zero-order chi connectivity index (χ0) is 13.2. The van der Waals surface area contributed by atoms with Gasteiger partial charge in [0.25, 0.3) is 0 Å². The molecule has 0 aromatic heterocycles. The Bertz CT molecular complexity index is 403. The third-order valence-corrected chi connectivity index (χ3v) is 3.29. The molecule has 0 bridgehead atoms. The third-order valence-electron chi connectivity index (χ3n) is 3.29. The van der Waals surface area contributed by atoms with Gasteiger partial charge >= 0.3 is 6.18 Å². The second kappa shape index (κ2) is 5.18. The zero-order valence-corrected chi connectivity index (χ0v) is 10.3. The quantitative estimate of drug-likeness (QED) is 0.877. The molecule has 1 atom stereocenters. The number of piperazine rings is 1. The molecule has 1 N–H and O–H groups in total. The number of benzene rings is 1. The molecule has 0 spiro atoms. The van der Waals surface area contributed by atoms with E-state index in [0.717, 1.165) is 32.1 Å². The Hall–Kier alpha value is -1.23. The molecule has 1 saturated heterocycles. The molecule has 1 aliphatic rings. The molecule has 2 nitrogen and oxygen atoms in total. The predicted molar refractivity (Wildman–Crippen MR) is 65.7 cm³/mol. The summed E-state index contributed by atoms with van der Waals surface area (Å²) in [6.45, 7) is 4.40. The minimum atomic E-state index is -4.27. The summed E-state index contributed by atoms with van der Waals surface area (Å²) in [7, 11) is 0. The van der Waals surface area contributed by atoms with Crippen molar-refractivity contribution in [3.63, 3.8) is 0 Å². The van der Waals surface area contributed by atoms with Crippen molar-refractivity contribution in [2.75, 3.05) is 24.5 Å². The number of anilines is 1. The van der Waals surface area contributed by atoms with Gasteiger partial charge in [0.1, 0.15) is 0 Å². The Morgan fingerprint density at radius 3 is 2.83 bits per heavy atom. The SMILES string of the molecule is CCC1CN(c2cccc(C(F)(F)F)c2)CCN1. The van der Waals surface area contributed by atoms with Crippen LogP contribution in [0.25, 0.3) is 0 Å². The van der Waals surface area contributed by atoms with Gasteiger partial charge in [-0.3, -0.25) is 0 Å². The van der Waals surface area contributed by atoms with E-state index in [0.29, 0.717) is 11.7 Å². The molecular formula is C13H17F3N2. The van der Waals surface area contributed by atoms with E-state index < -0.39 is 11.7 Å². The molecule has 5 heteroatoms. The predicted octanol–water partition coefficient (Wildman–Crippen LogP) is 2.89. The number of alkyl halides is 3. The number of hydrogen-bond donors (Lipinski definition) is 1. The second-order valence-corrected chi connectivity index (χ2v) is 4.55. The van der Waals surface area contributed by atoms with Crippen LogP contribution in [0.15, 0.2) is 24.3 Å². The lowest BCUT2D eigenvalue weighted by molar-refractivity contribution is -0.137. The van der Waals surface area contributed by atoms with Crippen LogP contribution >= 0.6 is 0 Å². The van der Waals surface area contributed by atoms with Gasteiger partial charge in [0, 0.05) is 31.4 Å². The van der Waals surface area contributed by atoms with Gasteiger partial charge in [-0.15, -0.1) is 0 Å².